The maximum Gasteiger partial charge on any atom is 0.365 e. The summed E-state index contributed by atoms with van der Waals surface area (Å²) in [6.07, 6.45) is 3.06. The summed E-state index contributed by atoms with van der Waals surface area (Å²) in [4.78, 5) is 102. The van der Waals surface area contributed by atoms with Gasteiger partial charge < -0.3 is 90.0 Å². The summed E-state index contributed by atoms with van der Waals surface area (Å²) in [5.41, 5.74) is 0. The van der Waals surface area contributed by atoms with Crippen LogP contribution in [0.1, 0.15) is 0 Å². The molecule has 0 aromatic carbocycles. The molecule has 29 heteroatoms. The summed E-state index contributed by atoms with van der Waals surface area (Å²) < 4.78 is 106. The van der Waals surface area contributed by atoms with Crippen molar-refractivity contribution in [3.8, 4) is 0 Å². The first kappa shape index (κ1) is 82.0. The van der Waals surface area contributed by atoms with Gasteiger partial charge in [-0.2, -0.15) is 4.89 Å². The number of rotatable bonds is 60. The standard InChI is InChI=1S/C56H82O29.C2H4/c1-9-49(57)77-18-17-65-31-43(71-19-25-78-50(58)10-2)32-66-33-44(72-20-26-79-51(59)11-3)34-67-35-45(73-21-27-80-52(60)12-4)36-68-37-46(74-22-28-81-53(61)13-5)38-69-39-47(75-23-29-82-54(62)14-6)40-70-41-48(42-84-85-56(64)16-8)76-24-30-83-55(63)15-7;1-2/h9-16,43-48H,1-8,17-42H2;1-2H2. The van der Waals surface area contributed by atoms with E-state index in [1.165, 1.54) is 0 Å². The number of carbonyl (C=O) groups excluding carboxylic acids is 8. The lowest BCUT2D eigenvalue weighted by Gasteiger charge is -2.24. The van der Waals surface area contributed by atoms with Crippen molar-refractivity contribution in [3.63, 3.8) is 0 Å². The molecule has 0 saturated heterocycles. The van der Waals surface area contributed by atoms with Crippen LogP contribution < -0.4 is 0 Å². The predicted octanol–water partition coefficient (Wildman–Crippen LogP) is 1.96. The Balaban J connectivity index is 0. The Kier molecular flexibility index (Phi) is 55.8. The Morgan fingerprint density at radius 2 is 0.402 bits per heavy atom. The van der Waals surface area contributed by atoms with Gasteiger partial charge >= 0.3 is 47.8 Å². The Labute approximate surface area is 507 Å². The fourth-order valence-corrected chi connectivity index (χ4v) is 5.69. The summed E-state index contributed by atoms with van der Waals surface area (Å²) in [5.74, 6) is -5.50. The van der Waals surface area contributed by atoms with Crippen LogP contribution in [0.15, 0.2) is 114 Å². The van der Waals surface area contributed by atoms with Gasteiger partial charge in [-0.15, -0.1) is 13.2 Å². The van der Waals surface area contributed by atoms with Gasteiger partial charge in [0.05, 0.1) is 119 Å². The quantitative estimate of drug-likeness (QED) is 0.0160. The fraction of sp³-hybridized carbons (Fsp3) is 0.552. The molecule has 0 spiro atoms. The molecule has 6 atom stereocenters. The van der Waals surface area contributed by atoms with E-state index in [-0.39, 0.29) is 172 Å². The zero-order valence-electron chi connectivity index (χ0n) is 49.4. The van der Waals surface area contributed by atoms with Crippen LogP contribution in [-0.4, -0.2) is 256 Å². The van der Waals surface area contributed by atoms with E-state index in [1.54, 1.807) is 0 Å². The lowest BCUT2D eigenvalue weighted by molar-refractivity contribution is -0.282. The molecule has 0 saturated carbocycles. The second kappa shape index (κ2) is 59.2. The number of carbonyl (C=O) groups is 8. The third kappa shape index (κ3) is 51.8. The van der Waals surface area contributed by atoms with Crippen LogP contribution >= 0.6 is 0 Å². The van der Waals surface area contributed by atoms with Gasteiger partial charge in [0.15, 0.2) is 0 Å². The molecule has 29 nitrogen and oxygen atoms in total. The first-order chi connectivity index (χ1) is 42.2. The molecule has 0 aromatic heterocycles. The van der Waals surface area contributed by atoms with E-state index in [2.05, 4.69) is 70.7 Å². The molecule has 0 aliphatic heterocycles. The normalized spacial score (nSPS) is 12.6. The Morgan fingerprint density at radius 3 is 0.598 bits per heavy atom. The van der Waals surface area contributed by atoms with Gasteiger partial charge in [0.1, 0.15) is 89.5 Å². The second-order valence-electron chi connectivity index (χ2n) is 16.2. The summed E-state index contributed by atoms with van der Waals surface area (Å²) in [7, 11) is 0. The maximum atomic E-state index is 11.8. The predicted molar refractivity (Wildman–Crippen MR) is 305 cm³/mol. The largest absolute Gasteiger partial charge is 0.460 e. The zero-order valence-corrected chi connectivity index (χ0v) is 49.4. The molecule has 0 N–H and O–H groups in total. The molecule has 87 heavy (non-hydrogen) atoms. The van der Waals surface area contributed by atoms with E-state index in [1.807, 2.05) is 0 Å². The Morgan fingerprint density at radius 1 is 0.230 bits per heavy atom. The molecule has 0 aromatic rings. The highest BCUT2D eigenvalue weighted by Crippen LogP contribution is 2.07. The van der Waals surface area contributed by atoms with E-state index in [0.29, 0.717) is 0 Å². The van der Waals surface area contributed by atoms with Crippen molar-refractivity contribution in [3.05, 3.63) is 114 Å². The van der Waals surface area contributed by atoms with Gasteiger partial charge in [-0.05, 0) is 0 Å². The highest BCUT2D eigenvalue weighted by atomic mass is 17.2. The molecule has 0 amide bonds. The summed E-state index contributed by atoms with van der Waals surface area (Å²) in [6, 6.07) is 0. The minimum atomic E-state index is -0.858. The van der Waals surface area contributed by atoms with Crippen LogP contribution in [0.5, 0.6) is 0 Å². The third-order valence-corrected chi connectivity index (χ3v) is 9.63. The molecule has 0 fully saturated rings. The SMILES string of the molecule is C=C.C=CC(=O)OCCOCC(COCC(COCC(COCC(COCC(COCC(COOC(=O)C=C)OCCOC(=O)C=C)OCCOC(=O)C=C)OCCOC(=O)C=C)OCCOC(=O)C=C)OCCOC(=O)C=C)OCCOC(=O)C=C. The summed E-state index contributed by atoms with van der Waals surface area (Å²) >= 11 is 0. The van der Waals surface area contributed by atoms with Crippen LogP contribution in [0.2, 0.25) is 0 Å². The van der Waals surface area contributed by atoms with Crippen LogP contribution in [0.3, 0.4) is 0 Å². The van der Waals surface area contributed by atoms with Crippen molar-refractivity contribution < 1.29 is 138 Å². The molecule has 0 radical (unpaired) electrons. The molecular weight excluding hydrogens is 1160 g/mol. The van der Waals surface area contributed by atoms with Crippen molar-refractivity contribution >= 4 is 47.8 Å². The smallest absolute Gasteiger partial charge is 0.365 e. The van der Waals surface area contributed by atoms with Gasteiger partial charge in [0, 0.05) is 48.6 Å². The highest BCUT2D eigenvalue weighted by Gasteiger charge is 2.21. The van der Waals surface area contributed by atoms with Crippen LogP contribution in [0.4, 0.5) is 0 Å². The molecule has 492 valence electrons. The van der Waals surface area contributed by atoms with Crippen LogP contribution in [0, 0.1) is 0 Å². The van der Waals surface area contributed by atoms with Crippen molar-refractivity contribution in [2.24, 2.45) is 0 Å². The number of ether oxygens (including phenoxy) is 19. The first-order valence-corrected chi connectivity index (χ1v) is 26.8. The molecule has 6 unspecified atom stereocenters. The lowest BCUT2D eigenvalue weighted by atomic mass is 10.3. The van der Waals surface area contributed by atoms with Gasteiger partial charge in [0.25, 0.3) is 0 Å². The molecule has 0 aliphatic rings. The third-order valence-electron chi connectivity index (χ3n) is 9.63. The second-order valence-corrected chi connectivity index (χ2v) is 16.2. The number of hydrogen-bond donors (Lipinski definition) is 0. The zero-order chi connectivity index (χ0) is 65.0. The topological polar surface area (TPSA) is 330 Å². The van der Waals surface area contributed by atoms with Crippen molar-refractivity contribution in [1.82, 2.24) is 0 Å². The first-order valence-electron chi connectivity index (χ1n) is 26.8. The summed E-state index contributed by atoms with van der Waals surface area (Å²) in [5, 5.41) is 0. The van der Waals surface area contributed by atoms with Crippen LogP contribution in [0.25, 0.3) is 0 Å². The van der Waals surface area contributed by atoms with E-state index < -0.39 is 84.4 Å². The van der Waals surface area contributed by atoms with Crippen molar-refractivity contribution in [2.75, 3.05) is 172 Å². The fourth-order valence-electron chi connectivity index (χ4n) is 5.69. The minimum absolute atomic E-state index is 0.0163. The lowest BCUT2D eigenvalue weighted by Crippen LogP contribution is -2.36. The molecular formula is C58H86O29. The maximum absolute atomic E-state index is 11.8. The van der Waals surface area contributed by atoms with Gasteiger partial charge in [-0.25, -0.2) is 38.4 Å². The summed E-state index contributed by atoms with van der Waals surface area (Å²) in [6.45, 7) is 30.0. The molecule has 0 heterocycles. The van der Waals surface area contributed by atoms with Gasteiger partial charge in [-0.1, -0.05) is 52.6 Å². The number of esters is 7. The molecule has 0 bridgehead atoms. The van der Waals surface area contributed by atoms with E-state index in [0.717, 1.165) is 48.6 Å². The van der Waals surface area contributed by atoms with E-state index in [4.69, 9.17) is 94.9 Å². The Bertz CT molecular complexity index is 1990. The molecule has 0 aliphatic carbocycles. The van der Waals surface area contributed by atoms with E-state index in [9.17, 15) is 38.4 Å². The molecule has 0 rings (SSSR count). The monoisotopic (exact) mass is 1250 g/mol. The minimum Gasteiger partial charge on any atom is -0.460 e. The van der Waals surface area contributed by atoms with Crippen LogP contribution in [-0.2, 0) is 138 Å². The van der Waals surface area contributed by atoms with Crippen molar-refractivity contribution in [2.45, 2.75) is 36.6 Å². The van der Waals surface area contributed by atoms with Gasteiger partial charge in [0.2, 0.25) is 0 Å². The average molecular weight is 1250 g/mol. The number of hydrogen-bond acceptors (Lipinski definition) is 29. The Hall–Kier alpha value is -7.10. The van der Waals surface area contributed by atoms with Crippen molar-refractivity contribution in [1.29, 1.82) is 0 Å². The van der Waals surface area contributed by atoms with Gasteiger partial charge in [-0.3, -0.25) is 4.89 Å². The average Bonchev–Trinajstić information content (AvgIpc) is 3.57. The van der Waals surface area contributed by atoms with E-state index >= 15 is 0 Å². The highest BCUT2D eigenvalue weighted by molar-refractivity contribution is 5.83.